The number of nitrogens with one attached hydrogen (secondary N) is 1. The lowest BCUT2D eigenvalue weighted by molar-refractivity contribution is 0.0949. The molecule has 110 valence electrons. The summed E-state index contributed by atoms with van der Waals surface area (Å²) < 4.78 is 12.8. The third kappa shape index (κ3) is 4.30. The average Bonchev–Trinajstić information content (AvgIpc) is 2.46. The van der Waals surface area contributed by atoms with Gasteiger partial charge in [-0.25, -0.2) is 4.39 Å². The number of nitrogens with zero attached hydrogens (tertiary/aromatic N) is 1. The van der Waals surface area contributed by atoms with E-state index in [0.717, 1.165) is 13.0 Å². The van der Waals surface area contributed by atoms with Crippen molar-refractivity contribution in [1.82, 2.24) is 10.2 Å². The number of rotatable bonds is 5. The van der Waals surface area contributed by atoms with Crippen LogP contribution in [-0.2, 0) is 0 Å². The molecule has 1 atom stereocenters. The molecule has 0 radical (unpaired) electrons. The first-order chi connectivity index (χ1) is 9.66. The quantitative estimate of drug-likeness (QED) is 0.840. The molecular formula is C16H23FN2O. The zero-order chi connectivity index (χ0) is 14.4. The van der Waals surface area contributed by atoms with Crippen molar-refractivity contribution in [3.8, 4) is 0 Å². The molecule has 1 aliphatic rings. The molecule has 1 aromatic carbocycles. The minimum absolute atomic E-state index is 0.128. The van der Waals surface area contributed by atoms with E-state index in [1.807, 2.05) is 0 Å². The topological polar surface area (TPSA) is 32.3 Å². The summed E-state index contributed by atoms with van der Waals surface area (Å²) in [4.78, 5) is 14.3. The summed E-state index contributed by atoms with van der Waals surface area (Å²) in [5.74, 6) is -0.447. The van der Waals surface area contributed by atoms with E-state index < -0.39 is 0 Å². The smallest absolute Gasteiger partial charge is 0.251 e. The maximum absolute atomic E-state index is 12.8. The maximum Gasteiger partial charge on any atom is 0.251 e. The van der Waals surface area contributed by atoms with Crippen molar-refractivity contribution in [3.05, 3.63) is 35.6 Å². The molecule has 1 fully saturated rings. The minimum atomic E-state index is -0.319. The molecule has 0 saturated carbocycles. The van der Waals surface area contributed by atoms with Gasteiger partial charge >= 0.3 is 0 Å². The molecule has 0 aromatic heterocycles. The highest BCUT2D eigenvalue weighted by atomic mass is 19.1. The summed E-state index contributed by atoms with van der Waals surface area (Å²) >= 11 is 0. The van der Waals surface area contributed by atoms with Crippen molar-refractivity contribution in [2.75, 3.05) is 19.6 Å². The van der Waals surface area contributed by atoms with Gasteiger partial charge in [0.1, 0.15) is 5.82 Å². The number of carbonyl (C=O) groups is 1. The Morgan fingerprint density at radius 3 is 2.80 bits per heavy atom. The zero-order valence-corrected chi connectivity index (χ0v) is 12.1. The highest BCUT2D eigenvalue weighted by Gasteiger charge is 2.17. The van der Waals surface area contributed by atoms with E-state index in [0.29, 0.717) is 18.2 Å². The van der Waals surface area contributed by atoms with Crippen molar-refractivity contribution >= 4 is 5.91 Å². The lowest BCUT2D eigenvalue weighted by atomic mass is 10.0. The van der Waals surface area contributed by atoms with Gasteiger partial charge in [0.15, 0.2) is 0 Å². The molecule has 1 heterocycles. The first-order valence-electron chi connectivity index (χ1n) is 7.44. The van der Waals surface area contributed by atoms with Gasteiger partial charge in [-0.2, -0.15) is 0 Å². The number of halogens is 1. The fraction of sp³-hybridized carbons (Fsp3) is 0.562. The number of piperidine rings is 1. The predicted molar refractivity (Wildman–Crippen MR) is 78.2 cm³/mol. The fourth-order valence-corrected chi connectivity index (χ4v) is 2.68. The van der Waals surface area contributed by atoms with Crippen molar-refractivity contribution in [2.24, 2.45) is 0 Å². The lowest BCUT2D eigenvalue weighted by Crippen LogP contribution is -2.39. The van der Waals surface area contributed by atoms with E-state index >= 15 is 0 Å². The van der Waals surface area contributed by atoms with E-state index in [9.17, 15) is 9.18 Å². The number of likely N-dealkylation sites (tertiary alicyclic amines) is 1. The Labute approximate surface area is 120 Å². The molecule has 1 amide bonds. The van der Waals surface area contributed by atoms with Crippen LogP contribution in [0.15, 0.2) is 24.3 Å². The second-order valence-electron chi connectivity index (χ2n) is 5.50. The van der Waals surface area contributed by atoms with Gasteiger partial charge in [-0.1, -0.05) is 6.42 Å². The van der Waals surface area contributed by atoms with Gasteiger partial charge in [0, 0.05) is 24.7 Å². The van der Waals surface area contributed by atoms with Gasteiger partial charge in [0.2, 0.25) is 0 Å². The average molecular weight is 278 g/mol. The molecule has 3 nitrogen and oxygen atoms in total. The molecule has 20 heavy (non-hydrogen) atoms. The Morgan fingerprint density at radius 1 is 1.35 bits per heavy atom. The molecule has 1 aromatic rings. The first-order valence-corrected chi connectivity index (χ1v) is 7.44. The largest absolute Gasteiger partial charge is 0.352 e. The van der Waals surface area contributed by atoms with Gasteiger partial charge in [0.25, 0.3) is 5.91 Å². The Hall–Kier alpha value is -1.42. The number of carbonyl (C=O) groups excluding carboxylic acids is 1. The highest BCUT2D eigenvalue weighted by molar-refractivity contribution is 5.94. The Balaban J connectivity index is 1.67. The predicted octanol–water partition coefficient (Wildman–Crippen LogP) is 2.82. The third-order valence-corrected chi connectivity index (χ3v) is 3.95. The van der Waals surface area contributed by atoms with Crippen molar-refractivity contribution in [1.29, 1.82) is 0 Å². The SMILES string of the molecule is CC1CCCCN1CCCNC(=O)c1ccc(F)cc1. The third-order valence-electron chi connectivity index (χ3n) is 3.95. The summed E-state index contributed by atoms with van der Waals surface area (Å²) in [6.07, 6.45) is 4.85. The summed E-state index contributed by atoms with van der Waals surface area (Å²) in [5, 5.41) is 2.88. The normalized spacial score (nSPS) is 19.8. The number of amides is 1. The Kier molecular flexibility index (Phi) is 5.53. The summed E-state index contributed by atoms with van der Waals surface area (Å²) in [6, 6.07) is 6.31. The van der Waals surface area contributed by atoms with Crippen LogP contribution < -0.4 is 5.32 Å². The van der Waals surface area contributed by atoms with Gasteiger partial charge < -0.3 is 10.2 Å². The Morgan fingerprint density at radius 2 is 2.10 bits per heavy atom. The van der Waals surface area contributed by atoms with Crippen molar-refractivity contribution < 1.29 is 9.18 Å². The molecule has 2 rings (SSSR count). The van der Waals surface area contributed by atoms with Crippen LogP contribution in [-0.4, -0.2) is 36.5 Å². The Bertz CT molecular complexity index is 433. The van der Waals surface area contributed by atoms with E-state index in [4.69, 9.17) is 0 Å². The van der Waals surface area contributed by atoms with E-state index in [-0.39, 0.29) is 11.7 Å². The van der Waals surface area contributed by atoms with Crippen LogP contribution in [0.1, 0.15) is 43.0 Å². The van der Waals surface area contributed by atoms with Crippen molar-refractivity contribution in [3.63, 3.8) is 0 Å². The van der Waals surface area contributed by atoms with Gasteiger partial charge in [-0.15, -0.1) is 0 Å². The summed E-state index contributed by atoms with van der Waals surface area (Å²) in [5.41, 5.74) is 0.512. The van der Waals surface area contributed by atoms with Crippen LogP contribution in [0.2, 0.25) is 0 Å². The minimum Gasteiger partial charge on any atom is -0.352 e. The second-order valence-corrected chi connectivity index (χ2v) is 5.50. The van der Waals surface area contributed by atoms with E-state index in [1.54, 1.807) is 0 Å². The van der Waals surface area contributed by atoms with Crippen LogP contribution >= 0.6 is 0 Å². The summed E-state index contributed by atoms with van der Waals surface area (Å²) in [6.45, 7) is 5.15. The van der Waals surface area contributed by atoms with Gasteiger partial charge in [0.05, 0.1) is 0 Å². The lowest BCUT2D eigenvalue weighted by Gasteiger charge is -2.33. The summed E-state index contributed by atoms with van der Waals surface area (Å²) in [7, 11) is 0. The molecule has 0 bridgehead atoms. The number of benzene rings is 1. The standard InChI is InChI=1S/C16H23FN2O/c1-13-5-2-3-11-19(13)12-4-10-18-16(20)14-6-8-15(17)9-7-14/h6-9,13H,2-5,10-12H2,1H3,(H,18,20). The maximum atomic E-state index is 12.8. The second kappa shape index (κ2) is 7.39. The first kappa shape index (κ1) is 15.0. The van der Waals surface area contributed by atoms with Crippen molar-refractivity contribution in [2.45, 2.75) is 38.6 Å². The molecule has 1 aliphatic heterocycles. The van der Waals surface area contributed by atoms with E-state index in [2.05, 4.69) is 17.1 Å². The van der Waals surface area contributed by atoms with Crippen LogP contribution in [0.3, 0.4) is 0 Å². The fourth-order valence-electron chi connectivity index (χ4n) is 2.68. The molecular weight excluding hydrogens is 255 g/mol. The van der Waals surface area contributed by atoms with Crippen LogP contribution in [0.25, 0.3) is 0 Å². The molecule has 4 heteroatoms. The molecule has 1 unspecified atom stereocenters. The van der Waals surface area contributed by atoms with Crippen LogP contribution in [0.4, 0.5) is 4.39 Å². The highest BCUT2D eigenvalue weighted by Crippen LogP contribution is 2.16. The van der Waals surface area contributed by atoms with Gasteiger partial charge in [-0.3, -0.25) is 4.79 Å². The van der Waals surface area contributed by atoms with Crippen LogP contribution in [0, 0.1) is 5.82 Å². The zero-order valence-electron chi connectivity index (χ0n) is 12.1. The van der Waals surface area contributed by atoms with E-state index in [1.165, 1.54) is 50.1 Å². The monoisotopic (exact) mass is 278 g/mol. The van der Waals surface area contributed by atoms with Gasteiger partial charge in [-0.05, 0) is 57.0 Å². The molecule has 0 aliphatic carbocycles. The number of hydrogen-bond donors (Lipinski definition) is 1. The van der Waals surface area contributed by atoms with Crippen LogP contribution in [0.5, 0.6) is 0 Å². The molecule has 0 spiro atoms. The number of hydrogen-bond acceptors (Lipinski definition) is 2. The molecule has 1 N–H and O–H groups in total. The molecule has 1 saturated heterocycles.